The van der Waals surface area contributed by atoms with Crippen molar-refractivity contribution < 1.29 is 9.53 Å². The van der Waals surface area contributed by atoms with E-state index in [-0.39, 0.29) is 18.0 Å². The van der Waals surface area contributed by atoms with Crippen molar-refractivity contribution in [3.8, 4) is 17.3 Å². The molecule has 1 saturated heterocycles. The van der Waals surface area contributed by atoms with E-state index >= 15 is 0 Å². The molecule has 0 spiro atoms. The molecule has 3 N–H and O–H groups in total. The number of carbonyl (C=O) groups is 1. The van der Waals surface area contributed by atoms with E-state index in [0.29, 0.717) is 41.5 Å². The van der Waals surface area contributed by atoms with Crippen molar-refractivity contribution >= 4 is 28.4 Å². The molecule has 176 valence electrons. The highest BCUT2D eigenvalue weighted by molar-refractivity contribution is 5.97. The molecule has 3 aromatic heterocycles. The standard InChI is InChI=1S/C23H27N9O2/c1-23(2)13-30(15-4-6-16(34-3)7-5-15)10-11-31(23)17(33)12-32-22-18(20(24)27-14-28-22)19(29-32)21-25-8-9-26-21/h4-9,14H,10-13H2,1-3H3,(H,25,26)(H2,24,27,28). The maximum absolute atomic E-state index is 13.5. The normalized spacial score (nSPS) is 15.6. The molecule has 0 atom stereocenters. The molecule has 0 bridgehead atoms. The number of nitrogen functional groups attached to an aromatic ring is 1. The van der Waals surface area contributed by atoms with Gasteiger partial charge in [0.2, 0.25) is 5.91 Å². The Bertz CT molecular complexity index is 1310. The molecule has 0 saturated carbocycles. The predicted molar refractivity (Wildman–Crippen MR) is 128 cm³/mol. The maximum atomic E-state index is 13.5. The number of piperazine rings is 1. The summed E-state index contributed by atoms with van der Waals surface area (Å²) in [6.07, 6.45) is 4.72. The number of hydrogen-bond donors (Lipinski definition) is 2. The monoisotopic (exact) mass is 461 g/mol. The minimum absolute atomic E-state index is 0.0352. The van der Waals surface area contributed by atoms with E-state index in [9.17, 15) is 4.79 Å². The number of amides is 1. The molecule has 1 aromatic carbocycles. The molecule has 1 aliphatic heterocycles. The number of rotatable bonds is 5. The van der Waals surface area contributed by atoms with Crippen LogP contribution in [-0.2, 0) is 11.3 Å². The van der Waals surface area contributed by atoms with Gasteiger partial charge >= 0.3 is 0 Å². The van der Waals surface area contributed by atoms with Gasteiger partial charge in [-0.1, -0.05) is 0 Å². The third kappa shape index (κ3) is 3.78. The Morgan fingerprint density at radius 3 is 2.65 bits per heavy atom. The zero-order valence-electron chi connectivity index (χ0n) is 19.4. The molecule has 0 radical (unpaired) electrons. The van der Waals surface area contributed by atoms with Crippen LogP contribution in [0.3, 0.4) is 0 Å². The SMILES string of the molecule is COc1ccc(N2CCN(C(=O)Cn3nc(-c4ncc[nH]4)c4c(N)ncnc43)C(C)(C)C2)cc1. The molecule has 1 aliphatic rings. The van der Waals surface area contributed by atoms with Gasteiger partial charge < -0.3 is 25.3 Å². The van der Waals surface area contributed by atoms with E-state index in [4.69, 9.17) is 10.5 Å². The summed E-state index contributed by atoms with van der Waals surface area (Å²) in [7, 11) is 1.66. The Morgan fingerprint density at radius 1 is 1.18 bits per heavy atom. The van der Waals surface area contributed by atoms with Crippen LogP contribution in [-0.4, -0.2) is 72.8 Å². The predicted octanol–water partition coefficient (Wildman–Crippen LogP) is 1.93. The molecule has 1 fully saturated rings. The number of anilines is 2. The fourth-order valence-corrected chi connectivity index (χ4v) is 4.55. The topological polar surface area (TPSA) is 131 Å². The van der Waals surface area contributed by atoms with Gasteiger partial charge in [-0.2, -0.15) is 5.10 Å². The number of ether oxygens (including phenoxy) is 1. The van der Waals surface area contributed by atoms with Gasteiger partial charge in [0.15, 0.2) is 11.5 Å². The number of fused-ring (bicyclic) bond motifs is 1. The van der Waals surface area contributed by atoms with Crippen LogP contribution in [0, 0.1) is 0 Å². The molecule has 4 heterocycles. The second kappa shape index (κ2) is 8.32. The van der Waals surface area contributed by atoms with E-state index in [1.54, 1.807) is 24.2 Å². The number of aromatic amines is 1. The first-order valence-corrected chi connectivity index (χ1v) is 11.0. The van der Waals surface area contributed by atoms with Crippen LogP contribution in [0.5, 0.6) is 5.75 Å². The Labute approximate surface area is 196 Å². The number of benzene rings is 1. The second-order valence-corrected chi connectivity index (χ2v) is 8.88. The summed E-state index contributed by atoms with van der Waals surface area (Å²) in [5.41, 5.74) is 7.88. The third-order valence-corrected chi connectivity index (χ3v) is 6.21. The maximum Gasteiger partial charge on any atom is 0.244 e. The van der Waals surface area contributed by atoms with Gasteiger partial charge in [-0.3, -0.25) is 4.79 Å². The Kier molecular flexibility index (Phi) is 5.31. The van der Waals surface area contributed by atoms with Gasteiger partial charge in [0.25, 0.3) is 0 Å². The fourth-order valence-electron chi connectivity index (χ4n) is 4.55. The van der Waals surface area contributed by atoms with Crippen LogP contribution in [0.15, 0.2) is 43.0 Å². The first-order chi connectivity index (χ1) is 16.4. The number of hydrogen-bond acceptors (Lipinski definition) is 8. The zero-order valence-corrected chi connectivity index (χ0v) is 19.4. The van der Waals surface area contributed by atoms with Crippen molar-refractivity contribution in [1.82, 2.24) is 34.6 Å². The average molecular weight is 462 g/mol. The lowest BCUT2D eigenvalue weighted by atomic mass is 9.98. The van der Waals surface area contributed by atoms with Gasteiger partial charge in [-0.25, -0.2) is 19.6 Å². The highest BCUT2D eigenvalue weighted by atomic mass is 16.5. The molecular weight excluding hydrogens is 434 g/mol. The summed E-state index contributed by atoms with van der Waals surface area (Å²) in [5.74, 6) is 1.63. The van der Waals surface area contributed by atoms with Crippen LogP contribution >= 0.6 is 0 Å². The number of methoxy groups -OCH3 is 1. The summed E-state index contributed by atoms with van der Waals surface area (Å²) < 4.78 is 6.85. The van der Waals surface area contributed by atoms with Crippen LogP contribution in [0.2, 0.25) is 0 Å². The van der Waals surface area contributed by atoms with Gasteiger partial charge in [0, 0.05) is 37.7 Å². The first-order valence-electron chi connectivity index (χ1n) is 11.0. The van der Waals surface area contributed by atoms with Gasteiger partial charge in [-0.05, 0) is 38.1 Å². The molecule has 1 amide bonds. The Balaban J connectivity index is 1.38. The molecular formula is C23H27N9O2. The van der Waals surface area contributed by atoms with Crippen LogP contribution in [0.25, 0.3) is 22.6 Å². The van der Waals surface area contributed by atoms with Crippen LogP contribution in [0.1, 0.15) is 13.8 Å². The van der Waals surface area contributed by atoms with E-state index in [2.05, 4.69) is 43.8 Å². The third-order valence-electron chi connectivity index (χ3n) is 6.21. The smallest absolute Gasteiger partial charge is 0.244 e. The lowest BCUT2D eigenvalue weighted by Gasteiger charge is -2.48. The van der Waals surface area contributed by atoms with E-state index < -0.39 is 0 Å². The van der Waals surface area contributed by atoms with Crippen molar-refractivity contribution in [1.29, 1.82) is 0 Å². The number of aromatic nitrogens is 6. The highest BCUT2D eigenvalue weighted by Gasteiger charge is 2.37. The summed E-state index contributed by atoms with van der Waals surface area (Å²) in [6, 6.07) is 7.99. The lowest BCUT2D eigenvalue weighted by molar-refractivity contribution is -0.137. The van der Waals surface area contributed by atoms with Crippen LogP contribution < -0.4 is 15.4 Å². The fraction of sp³-hybridized carbons (Fsp3) is 0.348. The Morgan fingerprint density at radius 2 is 1.97 bits per heavy atom. The molecule has 5 rings (SSSR count). The van der Waals surface area contributed by atoms with Crippen molar-refractivity contribution in [2.24, 2.45) is 0 Å². The van der Waals surface area contributed by atoms with Gasteiger partial charge in [0.1, 0.15) is 30.1 Å². The summed E-state index contributed by atoms with van der Waals surface area (Å²) in [4.78, 5) is 33.4. The van der Waals surface area contributed by atoms with Gasteiger partial charge in [0.05, 0.1) is 18.0 Å². The molecule has 11 nitrogen and oxygen atoms in total. The van der Waals surface area contributed by atoms with E-state index in [0.717, 1.165) is 18.0 Å². The van der Waals surface area contributed by atoms with E-state index in [1.165, 1.54) is 6.33 Å². The molecule has 11 heteroatoms. The molecule has 0 unspecified atom stereocenters. The van der Waals surface area contributed by atoms with Crippen molar-refractivity contribution in [2.75, 3.05) is 37.4 Å². The quantitative estimate of drug-likeness (QED) is 0.461. The minimum Gasteiger partial charge on any atom is -0.497 e. The molecule has 34 heavy (non-hydrogen) atoms. The second-order valence-electron chi connectivity index (χ2n) is 8.88. The van der Waals surface area contributed by atoms with E-state index in [1.807, 2.05) is 29.2 Å². The number of nitrogens with one attached hydrogen (secondary N) is 1. The first kappa shape index (κ1) is 21.7. The van der Waals surface area contributed by atoms with Gasteiger partial charge in [-0.15, -0.1) is 0 Å². The average Bonchev–Trinajstić information content (AvgIpc) is 3.47. The number of imidazole rings is 1. The molecule has 0 aliphatic carbocycles. The number of nitrogens with two attached hydrogens (primary N) is 1. The lowest BCUT2D eigenvalue weighted by Crippen LogP contribution is -2.61. The van der Waals surface area contributed by atoms with Crippen molar-refractivity contribution in [3.63, 3.8) is 0 Å². The van der Waals surface area contributed by atoms with Crippen LogP contribution in [0.4, 0.5) is 11.5 Å². The largest absolute Gasteiger partial charge is 0.497 e. The number of carbonyl (C=O) groups excluding carboxylic acids is 1. The van der Waals surface area contributed by atoms with Crippen molar-refractivity contribution in [3.05, 3.63) is 43.0 Å². The summed E-state index contributed by atoms with van der Waals surface area (Å²) >= 11 is 0. The minimum atomic E-state index is -0.379. The number of nitrogens with zero attached hydrogens (tertiary/aromatic N) is 7. The highest BCUT2D eigenvalue weighted by Crippen LogP contribution is 2.30. The van der Waals surface area contributed by atoms with Crippen molar-refractivity contribution in [2.45, 2.75) is 25.9 Å². The number of H-pyrrole nitrogens is 1. The molecule has 4 aromatic rings. The zero-order chi connectivity index (χ0) is 23.9. The summed E-state index contributed by atoms with van der Waals surface area (Å²) in [5, 5.41) is 5.20. The summed E-state index contributed by atoms with van der Waals surface area (Å²) in [6.45, 7) is 6.23. The Hall–Kier alpha value is -4.15.